The van der Waals surface area contributed by atoms with Gasteiger partial charge >= 0.3 is 7.12 Å². The van der Waals surface area contributed by atoms with E-state index in [0.29, 0.717) is 5.46 Å². The fourth-order valence-corrected chi connectivity index (χ4v) is 3.17. The Morgan fingerprint density at radius 2 is 1.70 bits per heavy atom. The van der Waals surface area contributed by atoms with Crippen LogP contribution in [0.5, 0.6) is 0 Å². The Kier molecular flexibility index (Phi) is 3.42. The molecule has 4 heteroatoms. The zero-order valence-corrected chi connectivity index (χ0v) is 11.8. The highest BCUT2D eigenvalue weighted by Gasteiger charge is 2.29. The molecule has 1 unspecified atom stereocenters. The molecule has 0 saturated heterocycles. The summed E-state index contributed by atoms with van der Waals surface area (Å²) in [5, 5.41) is 19.9. The van der Waals surface area contributed by atoms with Crippen LogP contribution in [0, 0.1) is 0 Å². The van der Waals surface area contributed by atoms with E-state index in [1.807, 2.05) is 43.3 Å². The molecule has 0 amide bonds. The molecular formula is C16H14BClO2. The highest BCUT2D eigenvalue weighted by Crippen LogP contribution is 2.42. The number of fused-ring (bicyclic) bond motifs is 1. The molecule has 2 nitrogen and oxygen atoms in total. The van der Waals surface area contributed by atoms with Crippen molar-refractivity contribution in [2.75, 3.05) is 0 Å². The van der Waals surface area contributed by atoms with Gasteiger partial charge in [-0.05, 0) is 35.1 Å². The third-order valence-electron chi connectivity index (χ3n) is 3.81. The summed E-state index contributed by atoms with van der Waals surface area (Å²) in [6.07, 6.45) is 2.07. The molecule has 1 aliphatic carbocycles. The minimum absolute atomic E-state index is 0.0294. The highest BCUT2D eigenvalue weighted by molar-refractivity contribution is 6.59. The molecule has 0 saturated carbocycles. The normalized spacial score (nSPS) is 16.8. The average Bonchev–Trinajstić information content (AvgIpc) is 2.76. The van der Waals surface area contributed by atoms with E-state index in [1.165, 1.54) is 0 Å². The Morgan fingerprint density at radius 1 is 1.00 bits per heavy atom. The fraction of sp³-hybridized carbons (Fsp3) is 0.125. The van der Waals surface area contributed by atoms with E-state index in [0.717, 1.165) is 27.3 Å². The van der Waals surface area contributed by atoms with E-state index in [2.05, 4.69) is 6.08 Å². The van der Waals surface area contributed by atoms with Crippen molar-refractivity contribution in [2.45, 2.75) is 12.8 Å². The van der Waals surface area contributed by atoms with Gasteiger partial charge in [-0.2, -0.15) is 0 Å². The van der Waals surface area contributed by atoms with Crippen molar-refractivity contribution in [1.82, 2.24) is 0 Å². The van der Waals surface area contributed by atoms with Crippen LogP contribution in [0.1, 0.15) is 29.5 Å². The Labute approximate surface area is 123 Å². The van der Waals surface area contributed by atoms with Crippen LogP contribution in [-0.2, 0) is 0 Å². The third-order valence-corrected chi connectivity index (χ3v) is 4.14. The second kappa shape index (κ2) is 5.10. The van der Waals surface area contributed by atoms with Crippen LogP contribution in [0.2, 0.25) is 5.02 Å². The molecule has 1 atom stereocenters. The summed E-state index contributed by atoms with van der Waals surface area (Å²) in [5.41, 5.74) is 4.75. The van der Waals surface area contributed by atoms with Crippen LogP contribution in [0.25, 0.3) is 6.08 Å². The second-order valence-corrected chi connectivity index (χ2v) is 5.47. The van der Waals surface area contributed by atoms with Gasteiger partial charge in [0.1, 0.15) is 0 Å². The molecule has 20 heavy (non-hydrogen) atoms. The lowest BCUT2D eigenvalue weighted by atomic mass is 9.72. The number of halogens is 1. The molecule has 0 fully saturated rings. The molecular weight excluding hydrogens is 270 g/mol. The summed E-state index contributed by atoms with van der Waals surface area (Å²) >= 11 is 6.25. The maximum Gasteiger partial charge on any atom is 0.488 e. The first kappa shape index (κ1) is 13.4. The largest absolute Gasteiger partial charge is 0.488 e. The van der Waals surface area contributed by atoms with Gasteiger partial charge in [0.05, 0.1) is 0 Å². The summed E-state index contributed by atoms with van der Waals surface area (Å²) in [6.45, 7) is 2.04. The first-order chi connectivity index (χ1) is 9.59. The standard InChI is InChI=1S/C16H14BClO2/c1-10-9-13-11(6-4-8-15(13)18)16(10)12-5-2-3-7-14(12)17(19)20/h2-9,16,19-20H,1H3. The van der Waals surface area contributed by atoms with Gasteiger partial charge in [-0.25, -0.2) is 0 Å². The van der Waals surface area contributed by atoms with Crippen molar-refractivity contribution in [3.05, 3.63) is 69.8 Å². The molecule has 1 aliphatic rings. The third kappa shape index (κ3) is 2.08. The average molecular weight is 285 g/mol. The van der Waals surface area contributed by atoms with Gasteiger partial charge in [0.25, 0.3) is 0 Å². The molecule has 2 aromatic carbocycles. The van der Waals surface area contributed by atoms with Crippen molar-refractivity contribution >= 4 is 30.3 Å². The van der Waals surface area contributed by atoms with Crippen LogP contribution >= 0.6 is 11.6 Å². The van der Waals surface area contributed by atoms with Gasteiger partial charge in [-0.15, -0.1) is 0 Å². The predicted octanol–water partition coefficient (Wildman–Crippen LogP) is 2.57. The molecule has 0 radical (unpaired) electrons. The smallest absolute Gasteiger partial charge is 0.423 e. The zero-order chi connectivity index (χ0) is 14.3. The monoisotopic (exact) mass is 284 g/mol. The van der Waals surface area contributed by atoms with Crippen LogP contribution in [0.15, 0.2) is 48.0 Å². The van der Waals surface area contributed by atoms with Crippen molar-refractivity contribution in [3.63, 3.8) is 0 Å². The van der Waals surface area contributed by atoms with E-state index >= 15 is 0 Å². The summed E-state index contributed by atoms with van der Waals surface area (Å²) in [5.74, 6) is 0.0294. The number of hydrogen-bond acceptors (Lipinski definition) is 2. The number of allylic oxidation sites excluding steroid dienone is 1. The Balaban J connectivity index is 2.19. The molecule has 0 bridgehead atoms. The van der Waals surface area contributed by atoms with Gasteiger partial charge in [0, 0.05) is 10.9 Å². The van der Waals surface area contributed by atoms with E-state index in [4.69, 9.17) is 11.6 Å². The van der Waals surface area contributed by atoms with Crippen LogP contribution < -0.4 is 5.46 Å². The summed E-state index contributed by atoms with van der Waals surface area (Å²) in [4.78, 5) is 0. The molecule has 0 aromatic heterocycles. The van der Waals surface area contributed by atoms with Crippen LogP contribution in [0.3, 0.4) is 0 Å². The molecule has 2 N–H and O–H groups in total. The van der Waals surface area contributed by atoms with Crippen molar-refractivity contribution in [3.8, 4) is 0 Å². The van der Waals surface area contributed by atoms with E-state index in [-0.39, 0.29) is 5.92 Å². The van der Waals surface area contributed by atoms with Gasteiger partial charge in [0.2, 0.25) is 0 Å². The number of hydrogen-bond donors (Lipinski definition) is 2. The van der Waals surface area contributed by atoms with Crippen molar-refractivity contribution in [2.24, 2.45) is 0 Å². The van der Waals surface area contributed by atoms with Gasteiger partial charge < -0.3 is 10.0 Å². The number of benzene rings is 2. The Hall–Kier alpha value is -1.55. The van der Waals surface area contributed by atoms with Crippen LogP contribution in [0.4, 0.5) is 0 Å². The summed E-state index contributed by atoms with van der Waals surface area (Å²) in [6, 6.07) is 13.3. The Bertz CT molecular complexity index is 695. The lowest BCUT2D eigenvalue weighted by Gasteiger charge is -2.19. The van der Waals surface area contributed by atoms with Gasteiger partial charge in [0.15, 0.2) is 0 Å². The first-order valence-corrected chi connectivity index (χ1v) is 6.89. The zero-order valence-electron chi connectivity index (χ0n) is 11.0. The molecule has 2 aromatic rings. The van der Waals surface area contributed by atoms with Crippen molar-refractivity contribution < 1.29 is 10.0 Å². The highest BCUT2D eigenvalue weighted by atomic mass is 35.5. The maximum absolute atomic E-state index is 9.56. The van der Waals surface area contributed by atoms with E-state index in [1.54, 1.807) is 6.07 Å². The van der Waals surface area contributed by atoms with E-state index < -0.39 is 7.12 Å². The quantitative estimate of drug-likeness (QED) is 0.832. The lowest BCUT2D eigenvalue weighted by molar-refractivity contribution is 0.425. The second-order valence-electron chi connectivity index (χ2n) is 5.07. The van der Waals surface area contributed by atoms with Crippen molar-refractivity contribution in [1.29, 1.82) is 0 Å². The fourth-order valence-electron chi connectivity index (χ4n) is 2.94. The van der Waals surface area contributed by atoms with Crippen LogP contribution in [-0.4, -0.2) is 17.2 Å². The predicted molar refractivity (Wildman–Crippen MR) is 83.2 cm³/mol. The topological polar surface area (TPSA) is 40.5 Å². The molecule has 3 rings (SSSR count). The van der Waals surface area contributed by atoms with Gasteiger partial charge in [-0.1, -0.05) is 59.6 Å². The number of rotatable bonds is 2. The lowest BCUT2D eigenvalue weighted by Crippen LogP contribution is -2.34. The summed E-state index contributed by atoms with van der Waals surface area (Å²) in [7, 11) is -1.47. The SMILES string of the molecule is CC1=Cc2c(Cl)cccc2C1c1ccccc1B(O)O. The Morgan fingerprint density at radius 3 is 2.45 bits per heavy atom. The molecule has 0 heterocycles. The minimum Gasteiger partial charge on any atom is -0.423 e. The first-order valence-electron chi connectivity index (χ1n) is 6.51. The molecule has 100 valence electrons. The van der Waals surface area contributed by atoms with Gasteiger partial charge in [-0.3, -0.25) is 0 Å². The molecule has 0 aliphatic heterocycles. The summed E-state index contributed by atoms with van der Waals surface area (Å²) < 4.78 is 0. The maximum atomic E-state index is 9.56. The van der Waals surface area contributed by atoms with E-state index in [9.17, 15) is 10.0 Å². The minimum atomic E-state index is -1.47. The molecule has 0 spiro atoms.